The predicted molar refractivity (Wildman–Crippen MR) is 86.6 cm³/mol. The number of aromatic amines is 1. The van der Waals surface area contributed by atoms with Gasteiger partial charge in [-0.05, 0) is 30.9 Å². The lowest BCUT2D eigenvalue weighted by Gasteiger charge is -2.28. The van der Waals surface area contributed by atoms with Crippen molar-refractivity contribution in [3.63, 3.8) is 0 Å². The molecule has 1 aliphatic carbocycles. The zero-order valence-electron chi connectivity index (χ0n) is 12.0. The lowest BCUT2D eigenvalue weighted by molar-refractivity contribution is 0.182. The second-order valence-corrected chi connectivity index (χ2v) is 6.59. The molecule has 2 aromatic rings. The molecule has 1 fully saturated rings. The van der Waals surface area contributed by atoms with Gasteiger partial charge in [0.1, 0.15) is 0 Å². The van der Waals surface area contributed by atoms with Gasteiger partial charge in [-0.15, -0.1) is 0 Å². The van der Waals surface area contributed by atoms with Crippen LogP contribution < -0.4 is 10.1 Å². The van der Waals surface area contributed by atoms with E-state index in [-0.39, 0.29) is 12.1 Å². The lowest BCUT2D eigenvalue weighted by Crippen LogP contribution is -2.42. The van der Waals surface area contributed by atoms with Crippen LogP contribution in [0.2, 0.25) is 0 Å². The first-order valence-electron chi connectivity index (χ1n) is 7.39. The van der Waals surface area contributed by atoms with Crippen molar-refractivity contribution in [3.8, 4) is 5.88 Å². The number of hydrogen-bond acceptors (Lipinski definition) is 2. The zero-order valence-corrected chi connectivity index (χ0v) is 13.6. The Morgan fingerprint density at radius 3 is 2.95 bits per heavy atom. The average molecular weight is 351 g/mol. The van der Waals surface area contributed by atoms with Crippen LogP contribution in [0.15, 0.2) is 28.7 Å². The molecule has 1 saturated carbocycles. The smallest absolute Gasteiger partial charge is 0.393 e. The molecule has 0 aliphatic heterocycles. The van der Waals surface area contributed by atoms with Gasteiger partial charge in [-0.25, -0.2) is 4.79 Å². The van der Waals surface area contributed by atoms with Crippen LogP contribution in [0, 0.1) is 5.92 Å². The summed E-state index contributed by atoms with van der Waals surface area (Å²) in [4.78, 5) is 15.1. The van der Waals surface area contributed by atoms with Gasteiger partial charge in [0.05, 0.1) is 0 Å². The Morgan fingerprint density at radius 2 is 2.19 bits per heavy atom. The number of ether oxygens (including phenoxy) is 1. The van der Waals surface area contributed by atoms with E-state index in [9.17, 15) is 4.79 Å². The maximum Gasteiger partial charge on any atom is 0.414 e. The topological polar surface area (TPSA) is 54.1 Å². The molecule has 3 rings (SSSR count). The van der Waals surface area contributed by atoms with Crippen LogP contribution >= 0.6 is 15.9 Å². The summed E-state index contributed by atoms with van der Waals surface area (Å²) in [5.41, 5.74) is 0.943. The predicted octanol–water partition coefficient (Wildman–Crippen LogP) is 4.60. The van der Waals surface area contributed by atoms with Gasteiger partial charge in [0.2, 0.25) is 5.88 Å². The Hall–Kier alpha value is -1.49. The van der Waals surface area contributed by atoms with E-state index in [0.29, 0.717) is 11.8 Å². The molecule has 112 valence electrons. The highest BCUT2D eigenvalue weighted by atomic mass is 79.9. The van der Waals surface area contributed by atoms with E-state index >= 15 is 0 Å². The Bertz CT molecular complexity index is 653. The third-order valence-corrected chi connectivity index (χ3v) is 4.90. The highest BCUT2D eigenvalue weighted by Crippen LogP contribution is 2.28. The summed E-state index contributed by atoms with van der Waals surface area (Å²) in [6.07, 6.45) is 4.26. The Labute approximate surface area is 132 Å². The minimum Gasteiger partial charge on any atom is -0.393 e. The molecule has 0 unspecified atom stereocenters. The Kier molecular flexibility index (Phi) is 4.19. The molecule has 1 aromatic heterocycles. The number of hydrogen-bond donors (Lipinski definition) is 2. The maximum absolute atomic E-state index is 12.0. The molecular weight excluding hydrogens is 332 g/mol. The molecule has 5 heteroatoms. The third kappa shape index (κ3) is 3.23. The fourth-order valence-corrected chi connectivity index (χ4v) is 3.44. The van der Waals surface area contributed by atoms with Gasteiger partial charge in [0, 0.05) is 27.5 Å². The van der Waals surface area contributed by atoms with Crippen LogP contribution in [0.4, 0.5) is 4.79 Å². The number of H-pyrrole nitrogens is 1. The highest BCUT2D eigenvalue weighted by Gasteiger charge is 2.23. The first kappa shape index (κ1) is 14.4. The lowest BCUT2D eigenvalue weighted by atomic mass is 9.86. The summed E-state index contributed by atoms with van der Waals surface area (Å²) in [5.74, 6) is 0.987. The summed E-state index contributed by atoms with van der Waals surface area (Å²) in [6, 6.07) is 7.92. The molecule has 1 aromatic carbocycles. The first-order chi connectivity index (χ1) is 10.1. The monoisotopic (exact) mass is 350 g/mol. The second kappa shape index (κ2) is 6.10. The van der Waals surface area contributed by atoms with Crippen LogP contribution in [0.1, 0.15) is 32.6 Å². The molecule has 0 radical (unpaired) electrons. The number of benzene rings is 1. The van der Waals surface area contributed by atoms with Crippen LogP contribution in [-0.2, 0) is 0 Å². The van der Waals surface area contributed by atoms with Crippen LogP contribution in [0.25, 0.3) is 10.9 Å². The Morgan fingerprint density at radius 1 is 1.38 bits per heavy atom. The summed E-state index contributed by atoms with van der Waals surface area (Å²) >= 11 is 3.49. The number of halogens is 1. The number of aromatic nitrogens is 1. The van der Waals surface area contributed by atoms with Gasteiger partial charge in [-0.1, -0.05) is 41.8 Å². The average Bonchev–Trinajstić information content (AvgIpc) is 2.85. The van der Waals surface area contributed by atoms with Gasteiger partial charge in [-0.3, -0.25) is 0 Å². The molecular formula is C16H19BrN2O2. The number of fused-ring (bicyclic) bond motifs is 1. The molecule has 2 atom stereocenters. The number of amides is 1. The summed E-state index contributed by atoms with van der Waals surface area (Å²) < 4.78 is 6.36. The van der Waals surface area contributed by atoms with Crippen molar-refractivity contribution < 1.29 is 9.53 Å². The molecule has 1 heterocycles. The molecule has 4 nitrogen and oxygen atoms in total. The van der Waals surface area contributed by atoms with Crippen molar-refractivity contribution in [1.29, 1.82) is 0 Å². The fourth-order valence-electron chi connectivity index (χ4n) is 2.96. The molecule has 1 aliphatic rings. The van der Waals surface area contributed by atoms with Crippen LogP contribution in [-0.4, -0.2) is 17.1 Å². The van der Waals surface area contributed by atoms with Crippen molar-refractivity contribution in [3.05, 3.63) is 28.7 Å². The molecule has 21 heavy (non-hydrogen) atoms. The second-order valence-electron chi connectivity index (χ2n) is 5.74. The van der Waals surface area contributed by atoms with Gasteiger partial charge < -0.3 is 15.0 Å². The van der Waals surface area contributed by atoms with Crippen molar-refractivity contribution in [2.75, 3.05) is 0 Å². The molecule has 0 spiro atoms. The summed E-state index contributed by atoms with van der Waals surface area (Å²) in [6.45, 7) is 2.18. The van der Waals surface area contributed by atoms with E-state index in [1.165, 1.54) is 19.3 Å². The Balaban J connectivity index is 1.67. The van der Waals surface area contributed by atoms with Gasteiger partial charge in [0.25, 0.3) is 0 Å². The quantitative estimate of drug-likeness (QED) is 0.831. The van der Waals surface area contributed by atoms with Gasteiger partial charge >= 0.3 is 6.09 Å². The van der Waals surface area contributed by atoms with E-state index in [0.717, 1.165) is 21.8 Å². The summed E-state index contributed by atoms with van der Waals surface area (Å²) in [7, 11) is 0. The van der Waals surface area contributed by atoms with Gasteiger partial charge in [0.15, 0.2) is 0 Å². The van der Waals surface area contributed by atoms with Crippen molar-refractivity contribution in [2.24, 2.45) is 5.92 Å². The van der Waals surface area contributed by atoms with Crippen molar-refractivity contribution in [2.45, 2.75) is 38.6 Å². The van der Waals surface area contributed by atoms with E-state index in [1.54, 1.807) is 0 Å². The molecule has 0 bridgehead atoms. The molecule has 2 N–H and O–H groups in total. The van der Waals surface area contributed by atoms with Crippen LogP contribution in [0.3, 0.4) is 0 Å². The van der Waals surface area contributed by atoms with E-state index in [4.69, 9.17) is 4.74 Å². The third-order valence-electron chi connectivity index (χ3n) is 4.20. The van der Waals surface area contributed by atoms with E-state index in [1.807, 2.05) is 24.3 Å². The normalized spacial score (nSPS) is 22.2. The number of nitrogens with one attached hydrogen (secondary N) is 2. The fraction of sp³-hybridized carbons (Fsp3) is 0.438. The number of rotatable bonds is 2. The number of carbonyl (C=O) groups is 1. The van der Waals surface area contributed by atoms with E-state index in [2.05, 4.69) is 33.2 Å². The minimum absolute atomic E-state index is 0.224. The molecule has 0 saturated heterocycles. The maximum atomic E-state index is 12.0. The first-order valence-corrected chi connectivity index (χ1v) is 8.18. The van der Waals surface area contributed by atoms with Gasteiger partial charge in [-0.2, -0.15) is 0 Å². The van der Waals surface area contributed by atoms with Crippen molar-refractivity contribution >= 4 is 32.9 Å². The van der Waals surface area contributed by atoms with E-state index < -0.39 is 0 Å². The standard InChI is InChI=1S/C16H19BrN2O2/c1-10-5-2-3-7-13(10)19-16(20)21-15-9-11-12(17)6-4-8-14(11)18-15/h4,6,8-10,13,18H,2-3,5,7H2,1H3,(H,19,20)/t10-,13+/m0/s1. The molecule has 1 amide bonds. The van der Waals surface area contributed by atoms with Crippen molar-refractivity contribution in [1.82, 2.24) is 10.3 Å². The zero-order chi connectivity index (χ0) is 14.8. The number of carbonyl (C=O) groups excluding carboxylic acids is 1. The summed E-state index contributed by atoms with van der Waals surface area (Å²) in [5, 5.41) is 3.99. The van der Waals surface area contributed by atoms with Crippen LogP contribution in [0.5, 0.6) is 5.88 Å². The highest BCUT2D eigenvalue weighted by molar-refractivity contribution is 9.10. The largest absolute Gasteiger partial charge is 0.414 e. The SMILES string of the molecule is C[C@H]1CCCC[C@H]1NC(=O)Oc1cc2c(Br)cccc2[nH]1. The minimum atomic E-state index is -0.378.